The van der Waals surface area contributed by atoms with Gasteiger partial charge in [0.15, 0.2) is 0 Å². The summed E-state index contributed by atoms with van der Waals surface area (Å²) in [5.74, 6) is 0.0702. The lowest BCUT2D eigenvalue weighted by Gasteiger charge is -2.18. The van der Waals surface area contributed by atoms with E-state index in [-0.39, 0.29) is 11.9 Å². The molecule has 0 saturated heterocycles. The number of hydrogen-bond donors (Lipinski definition) is 4. The standard InChI is InChI=1S/C20H38N4O5/c1-27-20(26)23-11-13-29-15-14-28-12-10-22-19(25)18(24-17-7-8-17)4-2-3-9-21-16-5-6-16/h16-18,21,24H,2-15H2,1H3,(H,22,25)(H,23,26). The minimum Gasteiger partial charge on any atom is -0.453 e. The van der Waals surface area contributed by atoms with Crippen molar-refractivity contribution in [1.29, 1.82) is 0 Å². The first kappa shape index (κ1) is 23.9. The number of methoxy groups -OCH3 is 1. The van der Waals surface area contributed by atoms with Gasteiger partial charge >= 0.3 is 6.09 Å². The van der Waals surface area contributed by atoms with Gasteiger partial charge in [0, 0.05) is 25.2 Å². The van der Waals surface area contributed by atoms with E-state index < -0.39 is 6.09 Å². The Kier molecular flexibility index (Phi) is 12.0. The van der Waals surface area contributed by atoms with Gasteiger partial charge in [-0.2, -0.15) is 0 Å². The van der Waals surface area contributed by atoms with Crippen LogP contribution >= 0.6 is 0 Å². The highest BCUT2D eigenvalue weighted by atomic mass is 16.5. The van der Waals surface area contributed by atoms with Crippen molar-refractivity contribution in [3.8, 4) is 0 Å². The van der Waals surface area contributed by atoms with Gasteiger partial charge in [0.25, 0.3) is 0 Å². The van der Waals surface area contributed by atoms with Crippen molar-refractivity contribution >= 4 is 12.0 Å². The monoisotopic (exact) mass is 414 g/mol. The molecule has 9 nitrogen and oxygen atoms in total. The third-order valence-electron chi connectivity index (χ3n) is 4.88. The van der Waals surface area contributed by atoms with Gasteiger partial charge in [-0.15, -0.1) is 0 Å². The van der Waals surface area contributed by atoms with Crippen LogP contribution < -0.4 is 21.3 Å². The molecule has 0 aromatic rings. The second kappa shape index (κ2) is 14.5. The van der Waals surface area contributed by atoms with E-state index >= 15 is 0 Å². The average molecular weight is 415 g/mol. The van der Waals surface area contributed by atoms with Crippen LogP contribution in [0.3, 0.4) is 0 Å². The predicted octanol–water partition coefficient (Wildman–Crippen LogP) is 0.535. The normalized spacial score (nSPS) is 17.0. The minimum absolute atomic E-state index is 0.0702. The first-order valence-electron chi connectivity index (χ1n) is 10.9. The molecule has 29 heavy (non-hydrogen) atoms. The van der Waals surface area contributed by atoms with Gasteiger partial charge in [-0.1, -0.05) is 6.42 Å². The summed E-state index contributed by atoms with van der Waals surface area (Å²) in [4.78, 5) is 23.3. The van der Waals surface area contributed by atoms with E-state index in [1.807, 2.05) is 0 Å². The summed E-state index contributed by atoms with van der Waals surface area (Å²) >= 11 is 0. The van der Waals surface area contributed by atoms with Crippen LogP contribution in [0.25, 0.3) is 0 Å². The van der Waals surface area contributed by atoms with Crippen LogP contribution in [0.5, 0.6) is 0 Å². The molecule has 0 bridgehead atoms. The van der Waals surface area contributed by atoms with Crippen LogP contribution in [-0.2, 0) is 19.0 Å². The number of ether oxygens (including phenoxy) is 3. The van der Waals surface area contributed by atoms with Crippen molar-refractivity contribution < 1.29 is 23.8 Å². The minimum atomic E-state index is -0.468. The highest BCUT2D eigenvalue weighted by Crippen LogP contribution is 2.21. The van der Waals surface area contributed by atoms with E-state index in [0.29, 0.717) is 45.6 Å². The molecule has 0 spiro atoms. The van der Waals surface area contributed by atoms with Gasteiger partial charge in [0.2, 0.25) is 5.91 Å². The van der Waals surface area contributed by atoms with E-state index in [2.05, 4.69) is 26.0 Å². The van der Waals surface area contributed by atoms with Crippen molar-refractivity contribution in [2.24, 2.45) is 0 Å². The molecule has 2 amide bonds. The lowest BCUT2D eigenvalue weighted by Crippen LogP contribution is -2.46. The summed E-state index contributed by atoms with van der Waals surface area (Å²) in [6.07, 6.45) is 7.55. The maximum Gasteiger partial charge on any atom is 0.406 e. The second-order valence-corrected chi connectivity index (χ2v) is 7.65. The van der Waals surface area contributed by atoms with Crippen molar-refractivity contribution in [3.05, 3.63) is 0 Å². The number of rotatable bonds is 18. The zero-order chi connectivity index (χ0) is 20.7. The fourth-order valence-corrected chi connectivity index (χ4v) is 2.88. The summed E-state index contributed by atoms with van der Waals surface area (Å²) < 4.78 is 15.3. The molecular formula is C20H38N4O5. The SMILES string of the molecule is COC(=O)NCCOCCOCCNC(=O)C(CCCCNC1CC1)NC1CC1. The lowest BCUT2D eigenvalue weighted by atomic mass is 10.1. The average Bonchev–Trinajstić information content (AvgIpc) is 3.63. The highest BCUT2D eigenvalue weighted by Gasteiger charge is 2.28. The number of unbranched alkanes of at least 4 members (excludes halogenated alkanes) is 1. The Hall–Kier alpha value is -1.42. The molecule has 0 aromatic carbocycles. The molecule has 9 heteroatoms. The number of alkyl carbamates (subject to hydrolysis) is 1. The van der Waals surface area contributed by atoms with Gasteiger partial charge in [0.05, 0.1) is 39.6 Å². The summed E-state index contributed by atoms with van der Waals surface area (Å²) in [5, 5.41) is 12.5. The zero-order valence-corrected chi connectivity index (χ0v) is 17.7. The molecular weight excluding hydrogens is 376 g/mol. The van der Waals surface area contributed by atoms with Gasteiger partial charge in [-0.25, -0.2) is 4.79 Å². The van der Waals surface area contributed by atoms with Crippen LogP contribution in [-0.4, -0.2) is 83.3 Å². The van der Waals surface area contributed by atoms with Crippen molar-refractivity contribution in [3.63, 3.8) is 0 Å². The molecule has 1 atom stereocenters. The fraction of sp³-hybridized carbons (Fsp3) is 0.900. The molecule has 0 aromatic heterocycles. The van der Waals surface area contributed by atoms with Crippen LogP contribution in [0, 0.1) is 0 Å². The number of carbonyl (C=O) groups is 2. The molecule has 0 radical (unpaired) electrons. The van der Waals surface area contributed by atoms with Crippen LogP contribution in [0.4, 0.5) is 4.79 Å². The van der Waals surface area contributed by atoms with E-state index in [1.54, 1.807) is 0 Å². The maximum absolute atomic E-state index is 12.5. The van der Waals surface area contributed by atoms with Gasteiger partial charge in [-0.05, 0) is 45.1 Å². The quantitative estimate of drug-likeness (QED) is 0.242. The Morgan fingerprint density at radius 2 is 1.52 bits per heavy atom. The van der Waals surface area contributed by atoms with Crippen LogP contribution in [0.1, 0.15) is 44.9 Å². The Balaban J connectivity index is 1.43. The predicted molar refractivity (Wildman–Crippen MR) is 110 cm³/mol. The third kappa shape index (κ3) is 12.7. The van der Waals surface area contributed by atoms with Crippen molar-refractivity contribution in [2.75, 3.05) is 53.2 Å². The first-order valence-corrected chi connectivity index (χ1v) is 10.9. The smallest absolute Gasteiger partial charge is 0.406 e. The number of amides is 2. The molecule has 0 aliphatic heterocycles. The zero-order valence-electron chi connectivity index (χ0n) is 17.7. The highest BCUT2D eigenvalue weighted by molar-refractivity contribution is 5.81. The number of hydrogen-bond acceptors (Lipinski definition) is 7. The second-order valence-electron chi connectivity index (χ2n) is 7.65. The van der Waals surface area contributed by atoms with Crippen molar-refractivity contribution in [2.45, 2.75) is 63.1 Å². The summed E-state index contributed by atoms with van der Waals surface area (Å²) in [6, 6.07) is 1.16. The maximum atomic E-state index is 12.5. The van der Waals surface area contributed by atoms with E-state index in [1.165, 1.54) is 32.8 Å². The first-order chi connectivity index (χ1) is 14.2. The molecule has 2 rings (SSSR count). The van der Waals surface area contributed by atoms with Gasteiger partial charge in [0.1, 0.15) is 0 Å². The van der Waals surface area contributed by atoms with Gasteiger partial charge in [-0.3, -0.25) is 4.79 Å². The molecule has 2 saturated carbocycles. The number of carbonyl (C=O) groups excluding carboxylic acids is 2. The topological polar surface area (TPSA) is 110 Å². The molecule has 2 aliphatic rings. The molecule has 2 aliphatic carbocycles. The Morgan fingerprint density at radius 3 is 2.14 bits per heavy atom. The third-order valence-corrected chi connectivity index (χ3v) is 4.88. The fourth-order valence-electron chi connectivity index (χ4n) is 2.88. The molecule has 4 N–H and O–H groups in total. The van der Waals surface area contributed by atoms with Crippen LogP contribution in [0.2, 0.25) is 0 Å². The summed E-state index contributed by atoms with van der Waals surface area (Å²) in [5.41, 5.74) is 0. The Labute approximate surface area is 174 Å². The van der Waals surface area contributed by atoms with E-state index in [9.17, 15) is 9.59 Å². The van der Waals surface area contributed by atoms with E-state index in [4.69, 9.17) is 9.47 Å². The van der Waals surface area contributed by atoms with Crippen molar-refractivity contribution in [1.82, 2.24) is 21.3 Å². The summed E-state index contributed by atoms with van der Waals surface area (Å²) in [6.45, 7) is 3.70. The molecule has 1 unspecified atom stereocenters. The lowest BCUT2D eigenvalue weighted by molar-refractivity contribution is -0.123. The largest absolute Gasteiger partial charge is 0.453 e. The summed E-state index contributed by atoms with van der Waals surface area (Å²) in [7, 11) is 1.32. The Morgan fingerprint density at radius 1 is 0.862 bits per heavy atom. The molecule has 0 heterocycles. The molecule has 168 valence electrons. The van der Waals surface area contributed by atoms with E-state index in [0.717, 1.165) is 31.8 Å². The number of nitrogens with one attached hydrogen (secondary N) is 4. The van der Waals surface area contributed by atoms with Gasteiger partial charge < -0.3 is 35.5 Å². The van der Waals surface area contributed by atoms with Crippen LogP contribution in [0.15, 0.2) is 0 Å². The Bertz CT molecular complexity index is 472. The molecule has 2 fully saturated rings.